The van der Waals surface area contributed by atoms with Gasteiger partial charge in [0, 0.05) is 18.7 Å². The Kier molecular flexibility index (Phi) is 4.36. The average Bonchev–Trinajstić information content (AvgIpc) is 3.36. The molecule has 7 nitrogen and oxygen atoms in total. The van der Waals surface area contributed by atoms with Gasteiger partial charge in [0.2, 0.25) is 11.8 Å². The molecular formula is C19H22N4O3. The van der Waals surface area contributed by atoms with Gasteiger partial charge in [-0.05, 0) is 37.0 Å². The number of hydrogen-bond acceptors (Lipinski definition) is 4. The number of aromatic nitrogens is 2. The maximum atomic E-state index is 12.6. The van der Waals surface area contributed by atoms with E-state index in [0.29, 0.717) is 24.5 Å². The lowest BCUT2D eigenvalue weighted by Gasteiger charge is -2.19. The Morgan fingerprint density at radius 3 is 3.08 bits per heavy atom. The first-order valence-corrected chi connectivity index (χ1v) is 8.93. The number of ether oxygens (including phenoxy) is 1. The standard InChI is InChI=1S/C19H22N4O3/c1-26-17-8-3-2-7-16(17)23-11-12(9-18(23)24)19(25)20-10-15-13-5-4-6-14(13)21-22-15/h2-3,7-8,12H,4-6,9-11H2,1H3,(H,20,25)(H,21,22). The summed E-state index contributed by atoms with van der Waals surface area (Å²) in [7, 11) is 1.58. The summed E-state index contributed by atoms with van der Waals surface area (Å²) in [5.74, 6) is 0.106. The van der Waals surface area contributed by atoms with Crippen LogP contribution in [-0.4, -0.2) is 35.7 Å². The summed E-state index contributed by atoms with van der Waals surface area (Å²) >= 11 is 0. The molecule has 2 N–H and O–H groups in total. The Balaban J connectivity index is 1.41. The Morgan fingerprint density at radius 1 is 1.38 bits per heavy atom. The first-order chi connectivity index (χ1) is 12.7. The number of aryl methyl sites for hydroxylation is 1. The lowest BCUT2D eigenvalue weighted by atomic mass is 10.1. The molecule has 7 heteroatoms. The van der Waals surface area contributed by atoms with Gasteiger partial charge in [0.05, 0.1) is 31.0 Å². The van der Waals surface area contributed by atoms with Crippen molar-refractivity contribution in [2.24, 2.45) is 5.92 Å². The van der Waals surface area contributed by atoms with Crippen molar-refractivity contribution in [3.05, 3.63) is 41.2 Å². The van der Waals surface area contributed by atoms with Crippen molar-refractivity contribution >= 4 is 17.5 Å². The third kappa shape index (κ3) is 2.94. The Morgan fingerprint density at radius 2 is 2.23 bits per heavy atom. The van der Waals surface area contributed by atoms with E-state index in [1.807, 2.05) is 24.3 Å². The largest absolute Gasteiger partial charge is 0.495 e. The van der Waals surface area contributed by atoms with Crippen LogP contribution in [0.25, 0.3) is 0 Å². The van der Waals surface area contributed by atoms with Crippen LogP contribution in [0, 0.1) is 5.92 Å². The van der Waals surface area contributed by atoms with E-state index in [2.05, 4.69) is 15.5 Å². The maximum absolute atomic E-state index is 12.6. The van der Waals surface area contributed by atoms with E-state index in [0.717, 1.165) is 25.0 Å². The van der Waals surface area contributed by atoms with Gasteiger partial charge in [0.15, 0.2) is 0 Å². The monoisotopic (exact) mass is 354 g/mol. The first kappa shape index (κ1) is 16.6. The first-order valence-electron chi connectivity index (χ1n) is 8.93. The number of rotatable bonds is 5. The van der Waals surface area contributed by atoms with E-state index in [4.69, 9.17) is 4.74 Å². The van der Waals surface area contributed by atoms with Gasteiger partial charge in [-0.2, -0.15) is 5.10 Å². The molecule has 0 radical (unpaired) electrons. The second kappa shape index (κ2) is 6.82. The summed E-state index contributed by atoms with van der Waals surface area (Å²) in [6.45, 7) is 0.772. The van der Waals surface area contributed by atoms with Crippen molar-refractivity contribution in [3.63, 3.8) is 0 Å². The topological polar surface area (TPSA) is 87.3 Å². The molecule has 1 aromatic carbocycles. The Bertz CT molecular complexity index is 845. The van der Waals surface area contributed by atoms with Crippen molar-refractivity contribution in [3.8, 4) is 5.75 Å². The van der Waals surface area contributed by atoms with Crippen LogP contribution in [-0.2, 0) is 29.0 Å². The zero-order chi connectivity index (χ0) is 18.1. The minimum atomic E-state index is -0.362. The van der Waals surface area contributed by atoms with E-state index in [-0.39, 0.29) is 24.2 Å². The highest BCUT2D eigenvalue weighted by Crippen LogP contribution is 2.32. The van der Waals surface area contributed by atoms with Gasteiger partial charge in [-0.25, -0.2) is 0 Å². The number of amides is 2. The number of methoxy groups -OCH3 is 1. The molecule has 0 spiro atoms. The van der Waals surface area contributed by atoms with Crippen LogP contribution in [0.5, 0.6) is 5.75 Å². The molecule has 1 aliphatic heterocycles. The highest BCUT2D eigenvalue weighted by Gasteiger charge is 2.36. The van der Waals surface area contributed by atoms with Crippen LogP contribution in [0.1, 0.15) is 29.8 Å². The van der Waals surface area contributed by atoms with E-state index < -0.39 is 0 Å². The molecule has 2 amide bonds. The minimum absolute atomic E-state index is 0.0599. The molecular weight excluding hydrogens is 332 g/mol. The van der Waals surface area contributed by atoms with Gasteiger partial charge < -0.3 is 15.0 Å². The number of nitrogens with zero attached hydrogens (tertiary/aromatic N) is 2. The molecule has 1 saturated heterocycles. The predicted octanol–water partition coefficient (Wildman–Crippen LogP) is 1.58. The molecule has 1 unspecified atom stereocenters. The predicted molar refractivity (Wildman–Crippen MR) is 95.9 cm³/mol. The van der Waals surface area contributed by atoms with Gasteiger partial charge in [0.1, 0.15) is 5.75 Å². The van der Waals surface area contributed by atoms with Crippen LogP contribution < -0.4 is 15.0 Å². The number of carbonyl (C=O) groups is 2. The number of aromatic amines is 1. The molecule has 1 aliphatic carbocycles. The summed E-state index contributed by atoms with van der Waals surface area (Å²) in [6.07, 6.45) is 3.39. The lowest BCUT2D eigenvalue weighted by molar-refractivity contribution is -0.126. The second-order valence-corrected chi connectivity index (χ2v) is 6.78. The van der Waals surface area contributed by atoms with Crippen LogP contribution in [0.4, 0.5) is 5.69 Å². The number of nitrogens with one attached hydrogen (secondary N) is 2. The minimum Gasteiger partial charge on any atom is -0.495 e. The molecule has 0 bridgehead atoms. The van der Waals surface area contributed by atoms with Crippen LogP contribution in [0.2, 0.25) is 0 Å². The molecule has 2 aliphatic rings. The average molecular weight is 354 g/mol. The fourth-order valence-corrected chi connectivity index (χ4v) is 3.82. The van der Waals surface area contributed by atoms with E-state index in [9.17, 15) is 9.59 Å². The number of anilines is 1. The number of benzene rings is 1. The zero-order valence-corrected chi connectivity index (χ0v) is 14.7. The van der Waals surface area contributed by atoms with E-state index in [1.54, 1.807) is 12.0 Å². The van der Waals surface area contributed by atoms with Crippen molar-refractivity contribution < 1.29 is 14.3 Å². The molecule has 26 heavy (non-hydrogen) atoms. The van der Waals surface area contributed by atoms with Gasteiger partial charge in [0.25, 0.3) is 0 Å². The SMILES string of the molecule is COc1ccccc1N1CC(C(=O)NCc2n[nH]c3c2CCC3)CC1=O. The highest BCUT2D eigenvalue weighted by molar-refractivity contribution is 6.01. The number of H-pyrrole nitrogens is 1. The molecule has 136 valence electrons. The van der Waals surface area contributed by atoms with Crippen LogP contribution in [0.15, 0.2) is 24.3 Å². The summed E-state index contributed by atoms with van der Waals surface area (Å²) < 4.78 is 5.33. The van der Waals surface area contributed by atoms with Crippen LogP contribution >= 0.6 is 0 Å². The zero-order valence-electron chi connectivity index (χ0n) is 14.7. The third-order valence-corrected chi connectivity index (χ3v) is 5.19. The number of fused-ring (bicyclic) bond motifs is 1. The highest BCUT2D eigenvalue weighted by atomic mass is 16.5. The van der Waals surface area contributed by atoms with E-state index >= 15 is 0 Å². The molecule has 0 saturated carbocycles. The smallest absolute Gasteiger partial charge is 0.227 e. The molecule has 2 aromatic rings. The Hall–Kier alpha value is -2.83. The summed E-state index contributed by atoms with van der Waals surface area (Å²) in [5.41, 5.74) is 4.05. The van der Waals surface area contributed by atoms with Crippen molar-refractivity contribution in [2.75, 3.05) is 18.6 Å². The van der Waals surface area contributed by atoms with Crippen molar-refractivity contribution in [1.82, 2.24) is 15.5 Å². The fraction of sp³-hybridized carbons (Fsp3) is 0.421. The van der Waals surface area contributed by atoms with Gasteiger partial charge in [-0.1, -0.05) is 12.1 Å². The quantitative estimate of drug-likeness (QED) is 0.853. The number of para-hydroxylation sites is 2. The van der Waals surface area contributed by atoms with Crippen LogP contribution in [0.3, 0.4) is 0 Å². The molecule has 1 aromatic heterocycles. The molecule has 1 fully saturated rings. The van der Waals surface area contributed by atoms with Gasteiger partial charge in [-0.15, -0.1) is 0 Å². The lowest BCUT2D eigenvalue weighted by Crippen LogP contribution is -2.33. The number of carbonyl (C=O) groups excluding carboxylic acids is 2. The van der Waals surface area contributed by atoms with Crippen molar-refractivity contribution in [2.45, 2.75) is 32.2 Å². The van der Waals surface area contributed by atoms with E-state index in [1.165, 1.54) is 11.3 Å². The van der Waals surface area contributed by atoms with Gasteiger partial charge >= 0.3 is 0 Å². The summed E-state index contributed by atoms with van der Waals surface area (Å²) in [6, 6.07) is 7.37. The normalized spacial score (nSPS) is 18.9. The third-order valence-electron chi connectivity index (χ3n) is 5.19. The van der Waals surface area contributed by atoms with Gasteiger partial charge in [-0.3, -0.25) is 14.7 Å². The molecule has 1 atom stereocenters. The van der Waals surface area contributed by atoms with Crippen molar-refractivity contribution in [1.29, 1.82) is 0 Å². The molecule has 2 heterocycles. The number of hydrogen-bond donors (Lipinski definition) is 2. The Labute approximate surface area is 151 Å². The summed E-state index contributed by atoms with van der Waals surface area (Å²) in [5, 5.41) is 10.3. The summed E-state index contributed by atoms with van der Waals surface area (Å²) in [4.78, 5) is 26.6. The maximum Gasteiger partial charge on any atom is 0.227 e. The fourth-order valence-electron chi connectivity index (χ4n) is 3.82. The molecule has 4 rings (SSSR count). The second-order valence-electron chi connectivity index (χ2n) is 6.78.